The summed E-state index contributed by atoms with van der Waals surface area (Å²) in [6.45, 7) is 9.45. The van der Waals surface area contributed by atoms with Gasteiger partial charge in [0.1, 0.15) is 11.5 Å². The average Bonchev–Trinajstić information content (AvgIpc) is 2.75. The molecular formula is C18H25F2N3O. The zero-order valence-electron chi connectivity index (χ0n) is 14.7. The molecule has 6 heteroatoms. The van der Waals surface area contributed by atoms with Crippen molar-refractivity contribution in [1.29, 1.82) is 0 Å². The Labute approximate surface area is 141 Å². The van der Waals surface area contributed by atoms with Gasteiger partial charge >= 0.3 is 0 Å². The number of aliphatic hydroxyl groups is 1. The van der Waals surface area contributed by atoms with Gasteiger partial charge in [-0.1, -0.05) is 13.8 Å². The van der Waals surface area contributed by atoms with Gasteiger partial charge in [-0.2, -0.15) is 5.10 Å². The second kappa shape index (κ2) is 7.40. The Morgan fingerprint density at radius 2 is 1.96 bits per heavy atom. The molecule has 0 fully saturated rings. The quantitative estimate of drug-likeness (QED) is 0.815. The van der Waals surface area contributed by atoms with Gasteiger partial charge in [0.15, 0.2) is 5.82 Å². The molecule has 0 aliphatic heterocycles. The molecule has 0 atom stereocenters. The molecule has 0 saturated carbocycles. The fourth-order valence-electron chi connectivity index (χ4n) is 2.74. The number of aryl methyl sites for hydroxylation is 1. The lowest BCUT2D eigenvalue weighted by Gasteiger charge is -2.24. The lowest BCUT2D eigenvalue weighted by Crippen LogP contribution is -2.30. The minimum Gasteiger partial charge on any atom is -0.396 e. The first kappa shape index (κ1) is 18.5. The van der Waals surface area contributed by atoms with E-state index in [1.165, 1.54) is 16.8 Å². The monoisotopic (exact) mass is 337 g/mol. The highest BCUT2D eigenvalue weighted by Crippen LogP contribution is 2.22. The molecule has 24 heavy (non-hydrogen) atoms. The smallest absolute Gasteiger partial charge is 0.151 e. The van der Waals surface area contributed by atoms with Gasteiger partial charge in [0.05, 0.1) is 5.69 Å². The Morgan fingerprint density at radius 3 is 2.58 bits per heavy atom. The van der Waals surface area contributed by atoms with Crippen molar-refractivity contribution >= 4 is 0 Å². The van der Waals surface area contributed by atoms with Crippen LogP contribution in [0, 0.1) is 30.9 Å². The largest absolute Gasteiger partial charge is 0.396 e. The van der Waals surface area contributed by atoms with E-state index >= 15 is 0 Å². The molecule has 0 spiro atoms. The molecule has 0 saturated heterocycles. The van der Waals surface area contributed by atoms with Crippen LogP contribution in [0.25, 0.3) is 5.69 Å². The first-order valence-electron chi connectivity index (χ1n) is 8.07. The summed E-state index contributed by atoms with van der Waals surface area (Å²) >= 11 is 0. The number of rotatable bonds is 7. The molecule has 1 aromatic carbocycles. The SMILES string of the molecule is Cc1nn(-c2ccc(F)cc2F)c(C)c1CNCC(C)(C)CCO. The number of nitrogens with zero attached hydrogens (tertiary/aromatic N) is 2. The van der Waals surface area contributed by atoms with Crippen molar-refractivity contribution in [3.8, 4) is 5.69 Å². The van der Waals surface area contributed by atoms with Crippen molar-refractivity contribution in [3.63, 3.8) is 0 Å². The summed E-state index contributed by atoms with van der Waals surface area (Å²) in [5.74, 6) is -1.24. The third kappa shape index (κ3) is 4.19. The first-order valence-corrected chi connectivity index (χ1v) is 8.07. The van der Waals surface area contributed by atoms with Crippen molar-refractivity contribution in [1.82, 2.24) is 15.1 Å². The molecule has 2 aromatic rings. The minimum absolute atomic E-state index is 0.00435. The molecule has 2 N–H and O–H groups in total. The van der Waals surface area contributed by atoms with Crippen molar-refractivity contribution in [3.05, 3.63) is 46.8 Å². The van der Waals surface area contributed by atoms with Crippen LogP contribution < -0.4 is 5.32 Å². The number of benzene rings is 1. The third-order valence-electron chi connectivity index (χ3n) is 4.27. The second-order valence-electron chi connectivity index (χ2n) is 6.90. The van der Waals surface area contributed by atoms with E-state index in [9.17, 15) is 8.78 Å². The van der Waals surface area contributed by atoms with Crippen LogP contribution in [0.4, 0.5) is 8.78 Å². The summed E-state index contributed by atoms with van der Waals surface area (Å²) < 4.78 is 28.6. The van der Waals surface area contributed by atoms with E-state index < -0.39 is 11.6 Å². The summed E-state index contributed by atoms with van der Waals surface area (Å²) in [7, 11) is 0. The average molecular weight is 337 g/mol. The highest BCUT2D eigenvalue weighted by molar-refractivity contribution is 5.38. The van der Waals surface area contributed by atoms with Gasteiger partial charge in [-0.05, 0) is 37.8 Å². The van der Waals surface area contributed by atoms with E-state index in [2.05, 4.69) is 24.3 Å². The van der Waals surface area contributed by atoms with Gasteiger partial charge < -0.3 is 10.4 Å². The standard InChI is InChI=1S/C18H25F2N3O/c1-12-15(10-21-11-18(3,4)7-8-24)13(2)23(22-12)17-6-5-14(19)9-16(17)20/h5-6,9,21,24H,7-8,10-11H2,1-4H3. The highest BCUT2D eigenvalue weighted by atomic mass is 19.1. The van der Waals surface area contributed by atoms with E-state index in [-0.39, 0.29) is 17.7 Å². The van der Waals surface area contributed by atoms with E-state index in [4.69, 9.17) is 5.11 Å². The van der Waals surface area contributed by atoms with E-state index in [1.807, 2.05) is 13.8 Å². The van der Waals surface area contributed by atoms with Gasteiger partial charge in [-0.25, -0.2) is 13.5 Å². The highest BCUT2D eigenvalue weighted by Gasteiger charge is 2.19. The van der Waals surface area contributed by atoms with Crippen LogP contribution in [0.5, 0.6) is 0 Å². The minimum atomic E-state index is -0.635. The fourth-order valence-corrected chi connectivity index (χ4v) is 2.74. The summed E-state index contributed by atoms with van der Waals surface area (Å²) in [5.41, 5.74) is 2.87. The van der Waals surface area contributed by atoms with Crippen LogP contribution in [0.1, 0.15) is 37.2 Å². The van der Waals surface area contributed by atoms with Crippen LogP contribution in [-0.4, -0.2) is 28.0 Å². The molecular weight excluding hydrogens is 312 g/mol. The number of nitrogens with one attached hydrogen (secondary N) is 1. The summed E-state index contributed by atoms with van der Waals surface area (Å²) in [6.07, 6.45) is 0.720. The van der Waals surface area contributed by atoms with Crippen LogP contribution in [0.15, 0.2) is 18.2 Å². The number of hydrogen-bond acceptors (Lipinski definition) is 3. The van der Waals surface area contributed by atoms with Gasteiger partial charge in [-0.15, -0.1) is 0 Å². The molecule has 0 aliphatic rings. The van der Waals surface area contributed by atoms with Crippen molar-refractivity contribution in [2.24, 2.45) is 5.41 Å². The van der Waals surface area contributed by atoms with Gasteiger partial charge in [0, 0.05) is 37.0 Å². The Hall–Kier alpha value is -1.79. The topological polar surface area (TPSA) is 50.1 Å². The van der Waals surface area contributed by atoms with Crippen LogP contribution >= 0.6 is 0 Å². The van der Waals surface area contributed by atoms with Gasteiger partial charge in [-0.3, -0.25) is 0 Å². The van der Waals surface area contributed by atoms with Crippen LogP contribution in [0.3, 0.4) is 0 Å². The van der Waals surface area contributed by atoms with Crippen molar-refractivity contribution in [2.75, 3.05) is 13.2 Å². The zero-order valence-corrected chi connectivity index (χ0v) is 14.7. The summed E-state index contributed by atoms with van der Waals surface area (Å²) in [6, 6.07) is 3.48. The molecule has 0 unspecified atom stereocenters. The Bertz CT molecular complexity index is 711. The predicted molar refractivity (Wildman–Crippen MR) is 90.1 cm³/mol. The summed E-state index contributed by atoms with van der Waals surface area (Å²) in [5, 5.41) is 16.9. The van der Waals surface area contributed by atoms with Crippen molar-refractivity contribution in [2.45, 2.75) is 40.7 Å². The number of halogens is 2. The van der Waals surface area contributed by atoms with Crippen molar-refractivity contribution < 1.29 is 13.9 Å². The Kier molecular flexibility index (Phi) is 5.72. The number of aromatic nitrogens is 2. The van der Waals surface area contributed by atoms with E-state index in [1.54, 1.807) is 0 Å². The second-order valence-corrected chi connectivity index (χ2v) is 6.90. The zero-order chi connectivity index (χ0) is 17.9. The van der Waals surface area contributed by atoms with E-state index in [0.29, 0.717) is 6.54 Å². The number of hydrogen-bond donors (Lipinski definition) is 2. The normalized spacial score (nSPS) is 12.0. The molecule has 132 valence electrons. The van der Waals surface area contributed by atoms with Crippen LogP contribution in [-0.2, 0) is 6.54 Å². The molecule has 0 bridgehead atoms. The molecule has 0 aliphatic carbocycles. The summed E-state index contributed by atoms with van der Waals surface area (Å²) in [4.78, 5) is 0. The van der Waals surface area contributed by atoms with E-state index in [0.717, 1.165) is 36.0 Å². The molecule has 1 aromatic heterocycles. The van der Waals surface area contributed by atoms with Gasteiger partial charge in [0.25, 0.3) is 0 Å². The first-order chi connectivity index (χ1) is 11.2. The van der Waals surface area contributed by atoms with Gasteiger partial charge in [0.2, 0.25) is 0 Å². The maximum Gasteiger partial charge on any atom is 0.151 e. The maximum absolute atomic E-state index is 14.0. The predicted octanol–water partition coefficient (Wildman–Crippen LogP) is 3.27. The Balaban J connectivity index is 2.17. The molecule has 1 heterocycles. The molecule has 2 rings (SSSR count). The molecule has 0 radical (unpaired) electrons. The lowest BCUT2D eigenvalue weighted by molar-refractivity contribution is 0.207. The third-order valence-corrected chi connectivity index (χ3v) is 4.27. The maximum atomic E-state index is 14.0. The van der Waals surface area contributed by atoms with Crippen LogP contribution in [0.2, 0.25) is 0 Å². The lowest BCUT2D eigenvalue weighted by atomic mass is 9.90. The molecule has 0 amide bonds. The Morgan fingerprint density at radius 1 is 1.25 bits per heavy atom. The number of aliphatic hydroxyl groups excluding tert-OH is 1. The fraction of sp³-hybridized carbons (Fsp3) is 0.500. The molecule has 4 nitrogen and oxygen atoms in total.